The van der Waals surface area contributed by atoms with E-state index in [9.17, 15) is 4.79 Å². The molecule has 1 fully saturated rings. The molecule has 1 aliphatic carbocycles. The second-order valence-electron chi connectivity index (χ2n) is 6.64. The molecular weight excluding hydrogens is 256 g/mol. The van der Waals surface area contributed by atoms with Gasteiger partial charge in [0, 0.05) is 6.54 Å². The van der Waals surface area contributed by atoms with Crippen molar-refractivity contribution < 1.29 is 14.4 Å². The highest BCUT2D eigenvalue weighted by Crippen LogP contribution is 2.27. The standard InChI is InChI=1S/C15H30N2O3/c1-15(2,3)19-14(18)17-11-10-13(20-16)12-8-6-4-5-7-9-12/h12-13H,4-11,16H2,1-3H3,(H,17,18). The summed E-state index contributed by atoms with van der Waals surface area (Å²) in [6.07, 6.45) is 7.86. The monoisotopic (exact) mass is 286 g/mol. The van der Waals surface area contributed by atoms with Crippen LogP contribution in [0.25, 0.3) is 0 Å². The molecule has 20 heavy (non-hydrogen) atoms. The molecule has 0 radical (unpaired) electrons. The zero-order chi connectivity index (χ0) is 15.0. The normalized spacial score (nSPS) is 19.2. The molecule has 5 nitrogen and oxygen atoms in total. The van der Waals surface area contributed by atoms with Crippen molar-refractivity contribution in [2.24, 2.45) is 11.8 Å². The van der Waals surface area contributed by atoms with E-state index in [1.165, 1.54) is 38.5 Å². The molecule has 0 aliphatic heterocycles. The van der Waals surface area contributed by atoms with Gasteiger partial charge in [0.25, 0.3) is 0 Å². The first-order chi connectivity index (χ1) is 9.42. The first-order valence-corrected chi connectivity index (χ1v) is 7.75. The van der Waals surface area contributed by atoms with Crippen LogP contribution in [0, 0.1) is 5.92 Å². The zero-order valence-electron chi connectivity index (χ0n) is 13.1. The van der Waals surface area contributed by atoms with Gasteiger partial charge in [-0.2, -0.15) is 0 Å². The number of alkyl carbamates (subject to hydrolysis) is 1. The van der Waals surface area contributed by atoms with Gasteiger partial charge in [0.05, 0.1) is 6.10 Å². The van der Waals surface area contributed by atoms with Gasteiger partial charge in [-0.1, -0.05) is 25.7 Å². The molecule has 0 saturated heterocycles. The third-order valence-electron chi connectivity index (χ3n) is 3.70. The van der Waals surface area contributed by atoms with Crippen molar-refractivity contribution in [1.29, 1.82) is 0 Å². The number of nitrogens with one attached hydrogen (secondary N) is 1. The Labute approximate surface area is 122 Å². The maximum atomic E-state index is 11.6. The van der Waals surface area contributed by atoms with Gasteiger partial charge < -0.3 is 14.9 Å². The second kappa shape index (κ2) is 8.47. The van der Waals surface area contributed by atoms with E-state index in [0.717, 1.165) is 6.42 Å². The topological polar surface area (TPSA) is 73.6 Å². The van der Waals surface area contributed by atoms with Crippen molar-refractivity contribution in [3.05, 3.63) is 0 Å². The number of hydrogen-bond acceptors (Lipinski definition) is 4. The van der Waals surface area contributed by atoms with E-state index in [1.54, 1.807) is 0 Å². The number of nitrogens with two attached hydrogens (primary N) is 1. The Balaban J connectivity index is 2.28. The fourth-order valence-corrected chi connectivity index (χ4v) is 2.73. The van der Waals surface area contributed by atoms with E-state index in [4.69, 9.17) is 15.5 Å². The van der Waals surface area contributed by atoms with Crippen LogP contribution < -0.4 is 11.2 Å². The number of ether oxygens (including phenoxy) is 1. The lowest BCUT2D eigenvalue weighted by atomic mass is 9.92. The lowest BCUT2D eigenvalue weighted by Crippen LogP contribution is -2.36. The SMILES string of the molecule is CC(C)(C)OC(=O)NCCC(ON)C1CCCCCC1. The van der Waals surface area contributed by atoms with Crippen LogP contribution in [0.5, 0.6) is 0 Å². The summed E-state index contributed by atoms with van der Waals surface area (Å²) in [5.74, 6) is 5.95. The third kappa shape index (κ3) is 7.10. The predicted molar refractivity (Wildman–Crippen MR) is 79.1 cm³/mol. The molecule has 118 valence electrons. The molecule has 3 N–H and O–H groups in total. The van der Waals surface area contributed by atoms with Gasteiger partial charge in [0.2, 0.25) is 0 Å². The van der Waals surface area contributed by atoms with E-state index < -0.39 is 5.60 Å². The van der Waals surface area contributed by atoms with Crippen LogP contribution in [0.2, 0.25) is 0 Å². The molecule has 1 aliphatic rings. The summed E-state index contributed by atoms with van der Waals surface area (Å²) in [6, 6.07) is 0. The molecule has 0 aromatic carbocycles. The van der Waals surface area contributed by atoms with Crippen LogP contribution in [-0.4, -0.2) is 24.3 Å². The summed E-state index contributed by atoms with van der Waals surface area (Å²) in [4.78, 5) is 16.7. The van der Waals surface area contributed by atoms with Crippen molar-refractivity contribution in [1.82, 2.24) is 5.32 Å². The molecule has 5 heteroatoms. The van der Waals surface area contributed by atoms with Gasteiger partial charge >= 0.3 is 6.09 Å². The van der Waals surface area contributed by atoms with Crippen LogP contribution >= 0.6 is 0 Å². The number of carbonyl (C=O) groups is 1. The molecule has 0 spiro atoms. The average Bonchev–Trinajstić information content (AvgIpc) is 2.61. The Hall–Kier alpha value is -0.810. The van der Waals surface area contributed by atoms with E-state index in [0.29, 0.717) is 12.5 Å². The number of hydrogen-bond donors (Lipinski definition) is 2. The predicted octanol–water partition coefficient (Wildman–Crippen LogP) is 3.13. The molecule has 0 heterocycles. The van der Waals surface area contributed by atoms with Gasteiger partial charge in [-0.05, 0) is 46.0 Å². The second-order valence-corrected chi connectivity index (χ2v) is 6.64. The third-order valence-corrected chi connectivity index (χ3v) is 3.70. The fourth-order valence-electron chi connectivity index (χ4n) is 2.73. The van der Waals surface area contributed by atoms with Crippen LogP contribution in [0.3, 0.4) is 0 Å². The van der Waals surface area contributed by atoms with E-state index >= 15 is 0 Å². The molecule has 0 bridgehead atoms. The Morgan fingerprint density at radius 3 is 2.35 bits per heavy atom. The summed E-state index contributed by atoms with van der Waals surface area (Å²) >= 11 is 0. The maximum absolute atomic E-state index is 11.6. The highest BCUT2D eigenvalue weighted by molar-refractivity contribution is 5.67. The Morgan fingerprint density at radius 1 is 1.25 bits per heavy atom. The average molecular weight is 286 g/mol. The Kier molecular flexibility index (Phi) is 7.30. The number of carbonyl (C=O) groups excluding carboxylic acids is 1. The van der Waals surface area contributed by atoms with Crippen LogP contribution in [0.15, 0.2) is 0 Å². The molecule has 1 amide bonds. The van der Waals surface area contributed by atoms with Crippen molar-refractivity contribution >= 4 is 6.09 Å². The van der Waals surface area contributed by atoms with Gasteiger partial charge in [-0.3, -0.25) is 0 Å². The lowest BCUT2D eigenvalue weighted by molar-refractivity contribution is -0.0000326. The highest BCUT2D eigenvalue weighted by atomic mass is 16.6. The Morgan fingerprint density at radius 2 is 1.85 bits per heavy atom. The molecule has 1 saturated carbocycles. The quantitative estimate of drug-likeness (QED) is 0.601. The lowest BCUT2D eigenvalue weighted by Gasteiger charge is -2.24. The van der Waals surface area contributed by atoms with Gasteiger partial charge in [0.15, 0.2) is 0 Å². The van der Waals surface area contributed by atoms with Gasteiger partial charge in [-0.25, -0.2) is 10.7 Å². The minimum Gasteiger partial charge on any atom is -0.444 e. The summed E-state index contributed by atoms with van der Waals surface area (Å²) in [5.41, 5.74) is -0.463. The maximum Gasteiger partial charge on any atom is 0.407 e. The van der Waals surface area contributed by atoms with Crippen molar-refractivity contribution in [3.63, 3.8) is 0 Å². The molecule has 1 atom stereocenters. The molecular formula is C15H30N2O3. The molecule has 1 unspecified atom stereocenters. The van der Waals surface area contributed by atoms with Gasteiger partial charge in [0.1, 0.15) is 5.60 Å². The zero-order valence-corrected chi connectivity index (χ0v) is 13.1. The smallest absolute Gasteiger partial charge is 0.407 e. The molecule has 0 aromatic heterocycles. The Bertz CT molecular complexity index is 281. The van der Waals surface area contributed by atoms with Crippen LogP contribution in [0.1, 0.15) is 65.7 Å². The van der Waals surface area contributed by atoms with Crippen molar-refractivity contribution in [2.75, 3.05) is 6.54 Å². The van der Waals surface area contributed by atoms with E-state index in [-0.39, 0.29) is 12.2 Å². The van der Waals surface area contributed by atoms with Crippen molar-refractivity contribution in [2.45, 2.75) is 77.4 Å². The summed E-state index contributed by atoms with van der Waals surface area (Å²) in [6.45, 7) is 6.09. The summed E-state index contributed by atoms with van der Waals surface area (Å²) in [7, 11) is 0. The molecule has 1 rings (SSSR count). The highest BCUT2D eigenvalue weighted by Gasteiger charge is 2.23. The first-order valence-electron chi connectivity index (χ1n) is 7.75. The number of amides is 1. The van der Waals surface area contributed by atoms with E-state index in [1.807, 2.05) is 20.8 Å². The van der Waals surface area contributed by atoms with E-state index in [2.05, 4.69) is 5.32 Å². The fraction of sp³-hybridized carbons (Fsp3) is 0.933. The summed E-state index contributed by atoms with van der Waals surface area (Å²) < 4.78 is 5.20. The minimum atomic E-state index is -0.463. The van der Waals surface area contributed by atoms with Crippen molar-refractivity contribution in [3.8, 4) is 0 Å². The van der Waals surface area contributed by atoms with Crippen LogP contribution in [-0.2, 0) is 9.57 Å². The summed E-state index contributed by atoms with van der Waals surface area (Å²) in [5, 5.41) is 2.76. The minimum absolute atomic E-state index is 0.0306. The van der Waals surface area contributed by atoms with Gasteiger partial charge in [-0.15, -0.1) is 0 Å². The number of rotatable bonds is 5. The largest absolute Gasteiger partial charge is 0.444 e. The molecule has 0 aromatic rings. The first kappa shape index (κ1) is 17.2. The van der Waals surface area contributed by atoms with Crippen LogP contribution in [0.4, 0.5) is 4.79 Å².